The van der Waals surface area contributed by atoms with E-state index in [1.165, 1.54) is 5.56 Å². The van der Waals surface area contributed by atoms with Gasteiger partial charge in [-0.05, 0) is 42.0 Å². The van der Waals surface area contributed by atoms with Crippen molar-refractivity contribution in [1.82, 2.24) is 5.32 Å². The zero-order valence-electron chi connectivity index (χ0n) is 11.6. The summed E-state index contributed by atoms with van der Waals surface area (Å²) in [4.78, 5) is 0. The average Bonchev–Trinajstić information content (AvgIpc) is 2.24. The van der Waals surface area contributed by atoms with E-state index in [4.69, 9.17) is 5.73 Å². The number of nitrogens with one attached hydrogen (secondary N) is 1. The Bertz CT molecular complexity index is 343. The Morgan fingerprint density at radius 1 is 1.29 bits per heavy atom. The summed E-state index contributed by atoms with van der Waals surface area (Å²) < 4.78 is 0. The van der Waals surface area contributed by atoms with Crippen molar-refractivity contribution in [3.8, 4) is 0 Å². The monoisotopic (exact) mass is 234 g/mol. The van der Waals surface area contributed by atoms with Gasteiger partial charge in [-0.15, -0.1) is 0 Å². The molecule has 0 radical (unpaired) electrons. The van der Waals surface area contributed by atoms with Crippen LogP contribution in [0.2, 0.25) is 0 Å². The molecule has 0 amide bonds. The number of rotatable bonds is 6. The van der Waals surface area contributed by atoms with E-state index in [1.54, 1.807) is 0 Å². The standard InChI is InChI=1S/C15H26N2/c1-12(2)15(3,4)11-17-9-8-13-6-5-7-14(16)10-13/h5-7,10,12,17H,8-9,11,16H2,1-4H3. The van der Waals surface area contributed by atoms with Gasteiger partial charge >= 0.3 is 0 Å². The fourth-order valence-corrected chi connectivity index (χ4v) is 1.60. The molecule has 0 bridgehead atoms. The van der Waals surface area contributed by atoms with Crippen LogP contribution in [0.25, 0.3) is 0 Å². The van der Waals surface area contributed by atoms with E-state index in [-0.39, 0.29) is 0 Å². The Kier molecular flexibility index (Phi) is 5.01. The molecule has 0 heterocycles. The lowest BCUT2D eigenvalue weighted by molar-refractivity contribution is 0.239. The van der Waals surface area contributed by atoms with Crippen molar-refractivity contribution >= 4 is 5.69 Å². The minimum atomic E-state index is 0.357. The van der Waals surface area contributed by atoms with Crippen LogP contribution in [0, 0.1) is 11.3 Å². The van der Waals surface area contributed by atoms with E-state index in [2.05, 4.69) is 45.1 Å². The highest BCUT2D eigenvalue weighted by molar-refractivity contribution is 5.40. The van der Waals surface area contributed by atoms with Gasteiger partial charge in [0, 0.05) is 12.2 Å². The first-order valence-electron chi connectivity index (χ1n) is 6.47. The van der Waals surface area contributed by atoms with Crippen LogP contribution < -0.4 is 11.1 Å². The van der Waals surface area contributed by atoms with E-state index in [9.17, 15) is 0 Å². The van der Waals surface area contributed by atoms with Crippen LogP contribution in [0.4, 0.5) is 5.69 Å². The second-order valence-electron chi connectivity index (χ2n) is 5.82. The van der Waals surface area contributed by atoms with E-state index in [0.717, 1.165) is 25.2 Å². The van der Waals surface area contributed by atoms with E-state index in [1.807, 2.05) is 12.1 Å². The van der Waals surface area contributed by atoms with Crippen LogP contribution >= 0.6 is 0 Å². The van der Waals surface area contributed by atoms with Gasteiger partial charge in [-0.25, -0.2) is 0 Å². The van der Waals surface area contributed by atoms with E-state index in [0.29, 0.717) is 11.3 Å². The van der Waals surface area contributed by atoms with Crippen LogP contribution in [-0.4, -0.2) is 13.1 Å². The maximum absolute atomic E-state index is 5.75. The quantitative estimate of drug-likeness (QED) is 0.586. The van der Waals surface area contributed by atoms with Crippen molar-refractivity contribution in [2.45, 2.75) is 34.1 Å². The lowest BCUT2D eigenvalue weighted by Gasteiger charge is -2.29. The lowest BCUT2D eigenvalue weighted by Crippen LogP contribution is -2.34. The smallest absolute Gasteiger partial charge is 0.0316 e. The van der Waals surface area contributed by atoms with Crippen molar-refractivity contribution in [3.05, 3.63) is 29.8 Å². The van der Waals surface area contributed by atoms with Crippen LogP contribution in [0.3, 0.4) is 0 Å². The highest BCUT2D eigenvalue weighted by Gasteiger charge is 2.21. The van der Waals surface area contributed by atoms with Gasteiger partial charge in [0.05, 0.1) is 0 Å². The summed E-state index contributed by atoms with van der Waals surface area (Å²) >= 11 is 0. The number of nitrogens with two attached hydrogens (primary N) is 1. The third-order valence-corrected chi connectivity index (χ3v) is 3.69. The largest absolute Gasteiger partial charge is 0.399 e. The summed E-state index contributed by atoms with van der Waals surface area (Å²) in [5, 5.41) is 3.53. The summed E-state index contributed by atoms with van der Waals surface area (Å²) in [6.45, 7) is 11.3. The molecule has 2 nitrogen and oxygen atoms in total. The highest BCUT2D eigenvalue weighted by atomic mass is 14.9. The van der Waals surface area contributed by atoms with Gasteiger partial charge in [0.25, 0.3) is 0 Å². The zero-order chi connectivity index (χ0) is 12.9. The molecular weight excluding hydrogens is 208 g/mol. The minimum absolute atomic E-state index is 0.357. The van der Waals surface area contributed by atoms with Crippen LogP contribution in [-0.2, 0) is 6.42 Å². The topological polar surface area (TPSA) is 38.0 Å². The molecule has 1 rings (SSSR count). The molecule has 0 aliphatic heterocycles. The molecule has 0 saturated heterocycles. The molecule has 0 aromatic heterocycles. The fraction of sp³-hybridized carbons (Fsp3) is 0.600. The van der Waals surface area contributed by atoms with Gasteiger partial charge < -0.3 is 11.1 Å². The summed E-state index contributed by atoms with van der Waals surface area (Å²) in [6, 6.07) is 8.13. The van der Waals surface area contributed by atoms with Crippen molar-refractivity contribution in [2.24, 2.45) is 11.3 Å². The molecule has 1 aromatic rings. The number of benzene rings is 1. The summed E-state index contributed by atoms with van der Waals surface area (Å²) in [5.74, 6) is 0.697. The first-order chi connectivity index (χ1) is 7.92. The van der Waals surface area contributed by atoms with Gasteiger partial charge in [-0.3, -0.25) is 0 Å². The SMILES string of the molecule is CC(C)C(C)(C)CNCCc1cccc(N)c1. The van der Waals surface area contributed by atoms with Crippen molar-refractivity contribution in [2.75, 3.05) is 18.8 Å². The number of hydrogen-bond donors (Lipinski definition) is 2. The lowest BCUT2D eigenvalue weighted by atomic mass is 9.81. The first kappa shape index (κ1) is 14.0. The van der Waals surface area contributed by atoms with Gasteiger partial charge in [0.2, 0.25) is 0 Å². The van der Waals surface area contributed by atoms with Gasteiger partial charge in [-0.2, -0.15) is 0 Å². The predicted molar refractivity (Wildman–Crippen MR) is 76.0 cm³/mol. The van der Waals surface area contributed by atoms with E-state index >= 15 is 0 Å². The number of nitrogen functional groups attached to an aromatic ring is 1. The number of hydrogen-bond acceptors (Lipinski definition) is 2. The molecule has 17 heavy (non-hydrogen) atoms. The molecule has 0 fully saturated rings. The molecule has 1 aromatic carbocycles. The Morgan fingerprint density at radius 2 is 2.00 bits per heavy atom. The van der Waals surface area contributed by atoms with E-state index < -0.39 is 0 Å². The Balaban J connectivity index is 2.29. The fourth-order valence-electron chi connectivity index (χ4n) is 1.60. The highest BCUT2D eigenvalue weighted by Crippen LogP contribution is 2.24. The van der Waals surface area contributed by atoms with Gasteiger partial charge in [-0.1, -0.05) is 39.8 Å². The average molecular weight is 234 g/mol. The molecule has 96 valence electrons. The molecule has 0 spiro atoms. The maximum Gasteiger partial charge on any atom is 0.0316 e. The normalized spacial score (nSPS) is 12.1. The third-order valence-electron chi connectivity index (χ3n) is 3.69. The third kappa shape index (κ3) is 4.78. The summed E-state index contributed by atoms with van der Waals surface area (Å²) in [6.07, 6.45) is 1.04. The van der Waals surface area contributed by atoms with Crippen LogP contribution in [0.15, 0.2) is 24.3 Å². The Morgan fingerprint density at radius 3 is 2.59 bits per heavy atom. The van der Waals surface area contributed by atoms with Gasteiger partial charge in [0.15, 0.2) is 0 Å². The molecule has 0 aliphatic rings. The Hall–Kier alpha value is -1.02. The molecule has 0 atom stereocenters. The molecule has 0 unspecified atom stereocenters. The van der Waals surface area contributed by atoms with Crippen LogP contribution in [0.1, 0.15) is 33.3 Å². The second kappa shape index (κ2) is 6.06. The molecule has 3 N–H and O–H groups in total. The van der Waals surface area contributed by atoms with Crippen molar-refractivity contribution < 1.29 is 0 Å². The van der Waals surface area contributed by atoms with Crippen molar-refractivity contribution in [3.63, 3.8) is 0 Å². The zero-order valence-corrected chi connectivity index (χ0v) is 11.6. The summed E-state index contributed by atoms with van der Waals surface area (Å²) in [5.41, 5.74) is 8.27. The van der Waals surface area contributed by atoms with Gasteiger partial charge in [0.1, 0.15) is 0 Å². The first-order valence-corrected chi connectivity index (χ1v) is 6.47. The molecule has 0 saturated carbocycles. The summed E-state index contributed by atoms with van der Waals surface area (Å²) in [7, 11) is 0. The second-order valence-corrected chi connectivity index (χ2v) is 5.82. The number of anilines is 1. The van der Waals surface area contributed by atoms with Crippen molar-refractivity contribution in [1.29, 1.82) is 0 Å². The predicted octanol–water partition coefficient (Wildman–Crippen LogP) is 3.08. The molecule has 2 heteroatoms. The van der Waals surface area contributed by atoms with Crippen LogP contribution in [0.5, 0.6) is 0 Å². The Labute approximate surface area is 106 Å². The molecular formula is C15H26N2. The maximum atomic E-state index is 5.75. The molecule has 0 aliphatic carbocycles. The minimum Gasteiger partial charge on any atom is -0.399 e.